The van der Waals surface area contributed by atoms with Crippen LogP contribution in [0.1, 0.15) is 24.1 Å². The number of furan rings is 1. The van der Waals surface area contributed by atoms with E-state index in [1.807, 2.05) is 19.1 Å². The fraction of sp³-hybridized carbons (Fsp3) is 0.500. The monoisotopic (exact) mass is 251 g/mol. The van der Waals surface area contributed by atoms with Gasteiger partial charge in [0.2, 0.25) is 0 Å². The maximum absolute atomic E-state index is 5.52. The van der Waals surface area contributed by atoms with E-state index in [1.54, 1.807) is 11.3 Å². The van der Waals surface area contributed by atoms with Gasteiger partial charge in [0.1, 0.15) is 10.8 Å². The van der Waals surface area contributed by atoms with Gasteiger partial charge in [0.25, 0.3) is 0 Å². The molecule has 1 N–H and O–H groups in total. The summed E-state index contributed by atoms with van der Waals surface area (Å²) in [6.07, 6.45) is 2.09. The van der Waals surface area contributed by atoms with Gasteiger partial charge in [0, 0.05) is 13.0 Å². The summed E-state index contributed by atoms with van der Waals surface area (Å²) < 4.78 is 5.52. The molecule has 0 aromatic carbocycles. The van der Waals surface area contributed by atoms with Crippen LogP contribution in [-0.2, 0) is 6.42 Å². The quantitative estimate of drug-likeness (QED) is 0.802. The number of nitrogens with one attached hydrogen (secondary N) is 1. The van der Waals surface area contributed by atoms with Crippen molar-refractivity contribution < 1.29 is 4.42 Å². The maximum Gasteiger partial charge on any atom is 0.183 e. The molecule has 17 heavy (non-hydrogen) atoms. The van der Waals surface area contributed by atoms with Crippen LogP contribution in [0.15, 0.2) is 16.5 Å². The molecule has 4 nitrogen and oxygen atoms in total. The Morgan fingerprint density at radius 3 is 2.88 bits per heavy atom. The summed E-state index contributed by atoms with van der Waals surface area (Å²) in [4.78, 5) is 0. The summed E-state index contributed by atoms with van der Waals surface area (Å²) in [5, 5.41) is 13.6. The molecule has 0 aliphatic rings. The summed E-state index contributed by atoms with van der Waals surface area (Å²) >= 11 is 1.60. The first-order valence-corrected chi connectivity index (χ1v) is 6.71. The Balaban J connectivity index is 1.92. The smallest absolute Gasteiger partial charge is 0.183 e. The minimum absolute atomic E-state index is 0.813. The lowest BCUT2D eigenvalue weighted by Crippen LogP contribution is -2.17. The number of aryl methyl sites for hydroxylation is 1. The summed E-state index contributed by atoms with van der Waals surface area (Å²) in [5.41, 5.74) is 0. The molecule has 5 heteroatoms. The summed E-state index contributed by atoms with van der Waals surface area (Å²) in [7, 11) is 0. The molecule has 0 spiro atoms. The highest BCUT2D eigenvalue weighted by Gasteiger charge is 2.09. The molecular weight excluding hydrogens is 234 g/mol. The highest BCUT2D eigenvalue weighted by atomic mass is 32.1. The molecule has 0 bridgehead atoms. The topological polar surface area (TPSA) is 51.0 Å². The molecule has 0 saturated heterocycles. The van der Waals surface area contributed by atoms with E-state index in [9.17, 15) is 0 Å². The molecular formula is C12H17N3OS. The van der Waals surface area contributed by atoms with Gasteiger partial charge in [-0.15, -0.1) is 10.2 Å². The molecule has 2 aromatic heterocycles. The van der Waals surface area contributed by atoms with Crippen molar-refractivity contribution in [3.05, 3.63) is 22.9 Å². The van der Waals surface area contributed by atoms with Gasteiger partial charge >= 0.3 is 0 Å². The minimum Gasteiger partial charge on any atom is -0.459 e. The number of nitrogens with zero attached hydrogens (tertiary/aromatic N) is 2. The van der Waals surface area contributed by atoms with Crippen molar-refractivity contribution in [2.45, 2.75) is 26.7 Å². The number of aromatic nitrogens is 2. The van der Waals surface area contributed by atoms with E-state index in [-0.39, 0.29) is 0 Å². The van der Waals surface area contributed by atoms with Crippen LogP contribution in [0, 0.1) is 6.92 Å². The lowest BCUT2D eigenvalue weighted by atomic mass is 10.4. The average molecular weight is 251 g/mol. The van der Waals surface area contributed by atoms with Gasteiger partial charge in [0.15, 0.2) is 10.8 Å². The molecule has 0 aliphatic heterocycles. The Hall–Kier alpha value is -1.20. The molecule has 0 atom stereocenters. The van der Waals surface area contributed by atoms with Crippen LogP contribution < -0.4 is 5.32 Å². The average Bonchev–Trinajstić information content (AvgIpc) is 2.93. The standard InChI is InChI=1S/C12H17N3OS/c1-3-7-13-8-6-11-14-15-12(17-11)10-5-4-9(2)16-10/h4-5,13H,3,6-8H2,1-2H3. The van der Waals surface area contributed by atoms with Crippen LogP contribution in [0.25, 0.3) is 10.8 Å². The van der Waals surface area contributed by atoms with Crippen LogP contribution >= 0.6 is 11.3 Å². The maximum atomic E-state index is 5.52. The fourth-order valence-corrected chi connectivity index (χ4v) is 2.30. The first-order valence-electron chi connectivity index (χ1n) is 5.89. The number of hydrogen-bond donors (Lipinski definition) is 1. The zero-order valence-electron chi connectivity index (χ0n) is 10.2. The van der Waals surface area contributed by atoms with Crippen LogP contribution in [0.3, 0.4) is 0 Å². The van der Waals surface area contributed by atoms with Gasteiger partial charge in [-0.3, -0.25) is 0 Å². The Labute approximate surface area is 105 Å². The minimum atomic E-state index is 0.813. The molecule has 0 fully saturated rings. The molecule has 2 heterocycles. The second kappa shape index (κ2) is 5.93. The second-order valence-corrected chi connectivity index (χ2v) is 4.97. The van der Waals surface area contributed by atoms with Crippen molar-refractivity contribution >= 4 is 11.3 Å². The van der Waals surface area contributed by atoms with Gasteiger partial charge in [-0.05, 0) is 32.0 Å². The molecule has 2 aromatic rings. The molecule has 0 unspecified atom stereocenters. The molecule has 2 rings (SSSR count). The SMILES string of the molecule is CCCNCCc1nnc(-c2ccc(C)o2)s1. The Kier molecular flexibility index (Phi) is 4.28. The van der Waals surface area contributed by atoms with Crippen molar-refractivity contribution in [3.8, 4) is 10.8 Å². The molecule has 92 valence electrons. The van der Waals surface area contributed by atoms with E-state index < -0.39 is 0 Å². The lowest BCUT2D eigenvalue weighted by molar-refractivity contribution is 0.547. The third-order valence-corrected chi connectivity index (χ3v) is 3.36. The Morgan fingerprint density at radius 2 is 2.18 bits per heavy atom. The molecule has 0 aliphatic carbocycles. The Morgan fingerprint density at radius 1 is 1.29 bits per heavy atom. The van der Waals surface area contributed by atoms with E-state index >= 15 is 0 Å². The van der Waals surface area contributed by atoms with E-state index in [2.05, 4.69) is 22.4 Å². The third-order valence-electron chi connectivity index (χ3n) is 2.36. The van der Waals surface area contributed by atoms with Crippen LogP contribution in [-0.4, -0.2) is 23.3 Å². The van der Waals surface area contributed by atoms with E-state index in [1.165, 1.54) is 0 Å². The van der Waals surface area contributed by atoms with Crippen molar-refractivity contribution in [2.75, 3.05) is 13.1 Å². The first kappa shape index (κ1) is 12.3. The zero-order chi connectivity index (χ0) is 12.1. The molecule has 0 saturated carbocycles. The van der Waals surface area contributed by atoms with Crippen molar-refractivity contribution in [1.29, 1.82) is 0 Å². The van der Waals surface area contributed by atoms with Crippen LogP contribution in [0.2, 0.25) is 0 Å². The van der Waals surface area contributed by atoms with Crippen molar-refractivity contribution in [3.63, 3.8) is 0 Å². The number of hydrogen-bond acceptors (Lipinski definition) is 5. The van der Waals surface area contributed by atoms with Crippen LogP contribution in [0.5, 0.6) is 0 Å². The molecule has 0 amide bonds. The van der Waals surface area contributed by atoms with Crippen LogP contribution in [0.4, 0.5) is 0 Å². The first-order chi connectivity index (χ1) is 8.29. The fourth-order valence-electron chi connectivity index (χ4n) is 1.50. The van der Waals surface area contributed by atoms with Crippen molar-refractivity contribution in [2.24, 2.45) is 0 Å². The largest absolute Gasteiger partial charge is 0.459 e. The summed E-state index contributed by atoms with van der Waals surface area (Å²) in [5.74, 6) is 1.72. The van der Waals surface area contributed by atoms with Gasteiger partial charge in [0.05, 0.1) is 0 Å². The van der Waals surface area contributed by atoms with Gasteiger partial charge in [-0.1, -0.05) is 18.3 Å². The van der Waals surface area contributed by atoms with E-state index in [0.717, 1.165) is 47.5 Å². The zero-order valence-corrected chi connectivity index (χ0v) is 11.0. The van der Waals surface area contributed by atoms with E-state index in [0.29, 0.717) is 0 Å². The highest BCUT2D eigenvalue weighted by Crippen LogP contribution is 2.25. The normalized spacial score (nSPS) is 10.9. The van der Waals surface area contributed by atoms with E-state index in [4.69, 9.17) is 4.42 Å². The van der Waals surface area contributed by atoms with Gasteiger partial charge in [-0.2, -0.15) is 0 Å². The third kappa shape index (κ3) is 3.38. The summed E-state index contributed by atoms with van der Waals surface area (Å²) in [6.45, 7) is 6.11. The van der Waals surface area contributed by atoms with Gasteiger partial charge < -0.3 is 9.73 Å². The predicted molar refractivity (Wildman–Crippen MR) is 69.2 cm³/mol. The Bertz CT molecular complexity index is 464. The summed E-state index contributed by atoms with van der Waals surface area (Å²) in [6, 6.07) is 3.88. The highest BCUT2D eigenvalue weighted by molar-refractivity contribution is 7.14. The molecule has 0 radical (unpaired) electrons. The second-order valence-electron chi connectivity index (χ2n) is 3.91. The van der Waals surface area contributed by atoms with Crippen molar-refractivity contribution in [1.82, 2.24) is 15.5 Å². The number of rotatable bonds is 6. The lowest BCUT2D eigenvalue weighted by Gasteiger charge is -1.98. The predicted octanol–water partition coefficient (Wildman–Crippen LogP) is 2.65. The van der Waals surface area contributed by atoms with Gasteiger partial charge in [-0.25, -0.2) is 0 Å².